The first-order chi connectivity index (χ1) is 6.85. The van der Waals surface area contributed by atoms with Gasteiger partial charge in [-0.2, -0.15) is 0 Å². The summed E-state index contributed by atoms with van der Waals surface area (Å²) in [5.41, 5.74) is 1.29. The van der Waals surface area contributed by atoms with Crippen LogP contribution in [-0.2, 0) is 17.6 Å². The van der Waals surface area contributed by atoms with Crippen LogP contribution in [0.2, 0.25) is 0 Å². The Morgan fingerprint density at radius 2 is 2.43 bits per heavy atom. The fourth-order valence-electron chi connectivity index (χ4n) is 2.19. The van der Waals surface area contributed by atoms with Crippen molar-refractivity contribution in [1.29, 1.82) is 0 Å². The molecule has 0 aromatic carbocycles. The van der Waals surface area contributed by atoms with Crippen LogP contribution in [0.15, 0.2) is 10.5 Å². The molecule has 0 N–H and O–H groups in total. The average Bonchev–Trinajstić information content (AvgIpc) is 2.60. The number of rotatable bonds is 3. The molecule has 0 radical (unpaired) electrons. The summed E-state index contributed by atoms with van der Waals surface area (Å²) in [6.07, 6.45) is 5.86. The van der Waals surface area contributed by atoms with E-state index in [1.165, 1.54) is 12.0 Å². The van der Waals surface area contributed by atoms with Gasteiger partial charge in [0.15, 0.2) is 0 Å². The quantitative estimate of drug-likeness (QED) is 0.737. The van der Waals surface area contributed by atoms with E-state index < -0.39 is 0 Å². The third-order valence-electron chi connectivity index (χ3n) is 2.89. The number of furan rings is 1. The first-order valence-electron chi connectivity index (χ1n) is 5.49. The summed E-state index contributed by atoms with van der Waals surface area (Å²) in [6.45, 7) is 2.18. The first kappa shape index (κ1) is 9.78. The highest BCUT2D eigenvalue weighted by Gasteiger charge is 2.23. The zero-order chi connectivity index (χ0) is 9.97. The molecule has 0 saturated carbocycles. The van der Waals surface area contributed by atoms with E-state index in [2.05, 4.69) is 13.0 Å². The minimum atomic E-state index is 0.271. The Hall–Kier alpha value is -0.760. The van der Waals surface area contributed by atoms with Crippen molar-refractivity contribution in [3.8, 4) is 0 Å². The predicted octanol–water partition coefficient (Wildman–Crippen LogP) is 3.26. The Bertz CT molecular complexity index is 301. The minimum Gasteiger partial charge on any atom is -0.466 e. The summed E-state index contributed by atoms with van der Waals surface area (Å²) in [5.74, 6) is 2.29. The Balaban J connectivity index is 2.24. The lowest BCUT2D eigenvalue weighted by Gasteiger charge is -2.19. The van der Waals surface area contributed by atoms with Gasteiger partial charge in [-0.25, -0.2) is 0 Å². The minimum absolute atomic E-state index is 0.271. The van der Waals surface area contributed by atoms with E-state index in [4.69, 9.17) is 9.15 Å². The van der Waals surface area contributed by atoms with Crippen molar-refractivity contribution in [2.75, 3.05) is 7.11 Å². The van der Waals surface area contributed by atoms with E-state index in [9.17, 15) is 0 Å². The molecule has 1 unspecified atom stereocenters. The van der Waals surface area contributed by atoms with Crippen molar-refractivity contribution in [3.05, 3.63) is 23.2 Å². The van der Waals surface area contributed by atoms with Gasteiger partial charge in [0.2, 0.25) is 0 Å². The standard InChI is InChI=1S/C12H18O2/c1-3-5-9-8-10-11(13-2)6-4-7-12(10)14-9/h8,11H,3-7H2,1-2H3. The van der Waals surface area contributed by atoms with Crippen molar-refractivity contribution in [2.24, 2.45) is 0 Å². The van der Waals surface area contributed by atoms with Crippen LogP contribution in [0, 0.1) is 0 Å². The highest BCUT2D eigenvalue weighted by molar-refractivity contribution is 5.26. The van der Waals surface area contributed by atoms with E-state index in [0.717, 1.165) is 37.2 Å². The number of hydrogen-bond acceptors (Lipinski definition) is 2. The molecule has 1 aromatic rings. The molecule has 2 heteroatoms. The maximum absolute atomic E-state index is 5.80. The van der Waals surface area contributed by atoms with Gasteiger partial charge in [0, 0.05) is 25.5 Å². The number of ether oxygens (including phenoxy) is 1. The van der Waals surface area contributed by atoms with Crippen molar-refractivity contribution in [1.82, 2.24) is 0 Å². The van der Waals surface area contributed by atoms with E-state index in [0.29, 0.717) is 0 Å². The smallest absolute Gasteiger partial charge is 0.109 e. The van der Waals surface area contributed by atoms with Crippen LogP contribution in [0.3, 0.4) is 0 Å². The van der Waals surface area contributed by atoms with Gasteiger partial charge in [0.05, 0.1) is 6.10 Å². The lowest BCUT2D eigenvalue weighted by atomic mass is 9.95. The monoisotopic (exact) mass is 194 g/mol. The third kappa shape index (κ3) is 1.71. The second-order valence-electron chi connectivity index (χ2n) is 3.96. The third-order valence-corrected chi connectivity index (χ3v) is 2.89. The van der Waals surface area contributed by atoms with Gasteiger partial charge < -0.3 is 9.15 Å². The fourth-order valence-corrected chi connectivity index (χ4v) is 2.19. The van der Waals surface area contributed by atoms with E-state index >= 15 is 0 Å². The van der Waals surface area contributed by atoms with Crippen LogP contribution >= 0.6 is 0 Å². The lowest BCUT2D eigenvalue weighted by Crippen LogP contribution is -2.08. The second kappa shape index (κ2) is 4.18. The molecular formula is C12H18O2. The number of aryl methyl sites for hydroxylation is 2. The summed E-state index contributed by atoms with van der Waals surface area (Å²) in [6, 6.07) is 2.19. The number of fused-ring (bicyclic) bond motifs is 1. The van der Waals surface area contributed by atoms with Crippen molar-refractivity contribution in [2.45, 2.75) is 45.1 Å². The molecule has 1 heterocycles. The van der Waals surface area contributed by atoms with Crippen LogP contribution in [-0.4, -0.2) is 7.11 Å². The topological polar surface area (TPSA) is 22.4 Å². The summed E-state index contributed by atoms with van der Waals surface area (Å²) in [7, 11) is 1.78. The number of methoxy groups -OCH3 is 1. The van der Waals surface area contributed by atoms with Crippen LogP contribution in [0.5, 0.6) is 0 Å². The van der Waals surface area contributed by atoms with Crippen LogP contribution in [0.4, 0.5) is 0 Å². The summed E-state index contributed by atoms with van der Waals surface area (Å²) in [4.78, 5) is 0. The largest absolute Gasteiger partial charge is 0.466 e. The van der Waals surface area contributed by atoms with E-state index in [-0.39, 0.29) is 6.10 Å². The fraction of sp³-hybridized carbons (Fsp3) is 0.667. The molecular weight excluding hydrogens is 176 g/mol. The van der Waals surface area contributed by atoms with Gasteiger partial charge in [-0.15, -0.1) is 0 Å². The van der Waals surface area contributed by atoms with Gasteiger partial charge in [0.1, 0.15) is 11.5 Å². The van der Waals surface area contributed by atoms with Crippen molar-refractivity contribution < 1.29 is 9.15 Å². The van der Waals surface area contributed by atoms with Crippen LogP contribution in [0.1, 0.15) is 49.4 Å². The molecule has 0 bridgehead atoms. The molecule has 1 atom stereocenters. The molecule has 0 spiro atoms. The van der Waals surface area contributed by atoms with E-state index in [1.807, 2.05) is 0 Å². The molecule has 14 heavy (non-hydrogen) atoms. The average molecular weight is 194 g/mol. The molecule has 2 nitrogen and oxygen atoms in total. The molecule has 1 aliphatic carbocycles. The van der Waals surface area contributed by atoms with Gasteiger partial charge in [-0.05, 0) is 25.3 Å². The van der Waals surface area contributed by atoms with Crippen LogP contribution < -0.4 is 0 Å². The molecule has 0 fully saturated rings. The normalized spacial score (nSPS) is 20.9. The van der Waals surface area contributed by atoms with Gasteiger partial charge in [-0.1, -0.05) is 6.92 Å². The van der Waals surface area contributed by atoms with Gasteiger partial charge in [-0.3, -0.25) is 0 Å². The maximum Gasteiger partial charge on any atom is 0.109 e. The van der Waals surface area contributed by atoms with Crippen molar-refractivity contribution >= 4 is 0 Å². The lowest BCUT2D eigenvalue weighted by molar-refractivity contribution is 0.0857. The molecule has 2 rings (SSSR count). The zero-order valence-corrected chi connectivity index (χ0v) is 9.01. The van der Waals surface area contributed by atoms with Crippen molar-refractivity contribution in [3.63, 3.8) is 0 Å². The zero-order valence-electron chi connectivity index (χ0n) is 9.01. The Morgan fingerprint density at radius 3 is 3.14 bits per heavy atom. The first-order valence-corrected chi connectivity index (χ1v) is 5.49. The van der Waals surface area contributed by atoms with E-state index in [1.54, 1.807) is 7.11 Å². The Labute approximate surface area is 85.3 Å². The molecule has 0 aliphatic heterocycles. The molecule has 78 valence electrons. The predicted molar refractivity (Wildman–Crippen MR) is 55.4 cm³/mol. The Morgan fingerprint density at radius 1 is 1.57 bits per heavy atom. The molecule has 1 aliphatic rings. The van der Waals surface area contributed by atoms with Crippen LogP contribution in [0.25, 0.3) is 0 Å². The Kier molecular flexibility index (Phi) is 2.92. The highest BCUT2D eigenvalue weighted by Crippen LogP contribution is 2.34. The highest BCUT2D eigenvalue weighted by atomic mass is 16.5. The maximum atomic E-state index is 5.80. The molecule has 0 saturated heterocycles. The van der Waals surface area contributed by atoms with Gasteiger partial charge in [0.25, 0.3) is 0 Å². The number of hydrogen-bond donors (Lipinski definition) is 0. The molecule has 0 amide bonds. The van der Waals surface area contributed by atoms with Gasteiger partial charge >= 0.3 is 0 Å². The molecule has 1 aromatic heterocycles. The summed E-state index contributed by atoms with van der Waals surface area (Å²) in [5, 5.41) is 0. The second-order valence-corrected chi connectivity index (χ2v) is 3.96. The SMILES string of the molecule is CCCc1cc2c(o1)CCCC2OC. The summed E-state index contributed by atoms with van der Waals surface area (Å²) < 4.78 is 11.2. The summed E-state index contributed by atoms with van der Waals surface area (Å²) >= 11 is 0.